The lowest BCUT2D eigenvalue weighted by molar-refractivity contribution is -0.880. The van der Waals surface area contributed by atoms with Crippen molar-refractivity contribution in [3.63, 3.8) is 0 Å². The zero-order chi connectivity index (χ0) is 11.7. The molecule has 0 aliphatic heterocycles. The van der Waals surface area contributed by atoms with E-state index in [1.165, 1.54) is 6.20 Å². The summed E-state index contributed by atoms with van der Waals surface area (Å²) in [6, 6.07) is 0. The van der Waals surface area contributed by atoms with Gasteiger partial charge in [-0.3, -0.25) is 4.48 Å². The average molecular weight is 219 g/mol. The first-order valence-electron chi connectivity index (χ1n) is 4.69. The first-order chi connectivity index (χ1) is 7.10. The third kappa shape index (κ3) is 5.48. The van der Waals surface area contributed by atoms with Gasteiger partial charge in [-0.2, -0.15) is 0 Å². The van der Waals surface area contributed by atoms with Crippen molar-refractivity contribution in [1.29, 1.82) is 0 Å². The highest BCUT2D eigenvalue weighted by Crippen LogP contribution is 2.07. The van der Waals surface area contributed by atoms with Crippen LogP contribution in [0.25, 0.3) is 0 Å². The van der Waals surface area contributed by atoms with E-state index in [0.29, 0.717) is 0 Å². The van der Waals surface area contributed by atoms with Crippen LogP contribution in [0.15, 0.2) is 12.3 Å². The van der Waals surface area contributed by atoms with Gasteiger partial charge in [0.15, 0.2) is 0 Å². The zero-order valence-electron chi connectivity index (χ0n) is 8.50. The summed E-state index contributed by atoms with van der Waals surface area (Å²) in [5.74, 6) is -1.34. The minimum absolute atomic E-state index is 0.0253. The van der Waals surface area contributed by atoms with Gasteiger partial charge in [-0.1, -0.05) is 0 Å². The Labute approximate surface area is 88.3 Å². The van der Waals surface area contributed by atoms with E-state index >= 15 is 0 Å². The predicted octanol–water partition coefficient (Wildman–Crippen LogP) is -2.96. The lowest BCUT2D eigenvalue weighted by atomic mass is 10.3. The molecule has 0 aliphatic carbocycles. The number of carbonyl (C=O) groups is 1. The van der Waals surface area contributed by atoms with Crippen LogP contribution in [0, 0.1) is 0 Å². The van der Waals surface area contributed by atoms with Gasteiger partial charge >= 0.3 is 0 Å². The van der Waals surface area contributed by atoms with E-state index in [-0.39, 0.29) is 43.9 Å². The van der Waals surface area contributed by atoms with Gasteiger partial charge in [-0.25, -0.2) is 0 Å². The van der Waals surface area contributed by atoms with Crippen LogP contribution in [0.1, 0.15) is 0 Å². The standard InChI is InChI=1S/C9H17NO5/c11-6-3-10(4-7-12,5-8-13)2-1-9(14)15/h1-2,11-13H,3-8H2. The maximum atomic E-state index is 10.3. The van der Waals surface area contributed by atoms with Gasteiger partial charge in [0.05, 0.1) is 32.0 Å². The maximum Gasteiger partial charge on any atom is 0.106 e. The summed E-state index contributed by atoms with van der Waals surface area (Å²) >= 11 is 0. The molecule has 3 N–H and O–H groups in total. The number of aliphatic hydroxyl groups excluding tert-OH is 3. The molecule has 88 valence electrons. The van der Waals surface area contributed by atoms with Crippen molar-refractivity contribution in [1.82, 2.24) is 0 Å². The largest absolute Gasteiger partial charge is 0.545 e. The number of aliphatic hydroxyl groups is 3. The van der Waals surface area contributed by atoms with Gasteiger partial charge in [0, 0.05) is 6.08 Å². The van der Waals surface area contributed by atoms with E-state index in [1.807, 2.05) is 0 Å². The Morgan fingerprint density at radius 3 is 1.73 bits per heavy atom. The summed E-state index contributed by atoms with van der Waals surface area (Å²) < 4.78 is 0.0253. The SMILES string of the molecule is O=C([O-])C=C[N+](CCO)(CCO)CCO. The Balaban J connectivity index is 4.66. The number of carboxylic acid groups (broad SMARTS) is 1. The van der Waals surface area contributed by atoms with E-state index in [0.717, 1.165) is 6.08 Å². The fourth-order valence-electron chi connectivity index (χ4n) is 1.38. The van der Waals surface area contributed by atoms with E-state index in [4.69, 9.17) is 15.3 Å². The molecule has 0 unspecified atom stereocenters. The lowest BCUT2D eigenvalue weighted by Gasteiger charge is -2.33. The van der Waals surface area contributed by atoms with Crippen LogP contribution < -0.4 is 5.11 Å². The first-order valence-corrected chi connectivity index (χ1v) is 4.69. The van der Waals surface area contributed by atoms with E-state index < -0.39 is 5.97 Å². The van der Waals surface area contributed by atoms with Crippen LogP contribution in [0.3, 0.4) is 0 Å². The monoisotopic (exact) mass is 219 g/mol. The third-order valence-corrected chi connectivity index (χ3v) is 2.16. The van der Waals surface area contributed by atoms with Gasteiger partial charge in [0.2, 0.25) is 0 Å². The predicted molar refractivity (Wildman–Crippen MR) is 50.3 cm³/mol. The molecule has 0 saturated carbocycles. The van der Waals surface area contributed by atoms with Crippen molar-refractivity contribution in [2.24, 2.45) is 0 Å². The quantitative estimate of drug-likeness (QED) is 0.299. The van der Waals surface area contributed by atoms with Crippen molar-refractivity contribution in [3.8, 4) is 0 Å². The first kappa shape index (κ1) is 14.1. The summed E-state index contributed by atoms with van der Waals surface area (Å²) in [7, 11) is 0. The number of carbonyl (C=O) groups excluding carboxylic acids is 1. The minimum atomic E-state index is -1.34. The fraction of sp³-hybridized carbons (Fsp3) is 0.667. The lowest BCUT2D eigenvalue weighted by Crippen LogP contribution is -2.49. The number of rotatable bonds is 8. The van der Waals surface area contributed by atoms with Crippen LogP contribution in [-0.4, -0.2) is 65.2 Å². The molecule has 6 heteroatoms. The van der Waals surface area contributed by atoms with E-state index in [9.17, 15) is 9.90 Å². The topological polar surface area (TPSA) is 101 Å². The molecule has 0 aromatic carbocycles. The highest BCUT2D eigenvalue weighted by molar-refractivity contribution is 5.77. The minimum Gasteiger partial charge on any atom is -0.545 e. The Bertz CT molecular complexity index is 200. The average Bonchev–Trinajstić information content (AvgIpc) is 2.16. The number of hydrogen-bond donors (Lipinski definition) is 3. The van der Waals surface area contributed by atoms with Crippen LogP contribution in [0.4, 0.5) is 0 Å². The number of aliphatic carboxylic acids is 1. The molecule has 0 atom stereocenters. The summed E-state index contributed by atoms with van der Waals surface area (Å²) in [4.78, 5) is 10.3. The number of nitrogens with zero attached hydrogens (tertiary/aromatic N) is 1. The molecule has 0 rings (SSSR count). The van der Waals surface area contributed by atoms with Gasteiger partial charge in [-0.15, -0.1) is 0 Å². The second-order valence-corrected chi connectivity index (χ2v) is 3.19. The van der Waals surface area contributed by atoms with Gasteiger partial charge < -0.3 is 25.2 Å². The summed E-state index contributed by atoms with van der Waals surface area (Å²) in [5.41, 5.74) is 0. The molecule has 0 aromatic rings. The normalized spacial score (nSPS) is 12.2. The number of hydrogen-bond acceptors (Lipinski definition) is 5. The zero-order valence-corrected chi connectivity index (χ0v) is 8.50. The smallest absolute Gasteiger partial charge is 0.106 e. The maximum absolute atomic E-state index is 10.3. The third-order valence-electron chi connectivity index (χ3n) is 2.16. The van der Waals surface area contributed by atoms with Gasteiger partial charge in [0.25, 0.3) is 0 Å². The highest BCUT2D eigenvalue weighted by atomic mass is 16.4. The molecule has 0 radical (unpaired) electrons. The van der Waals surface area contributed by atoms with Crippen molar-refractivity contribution in [2.45, 2.75) is 0 Å². The molecule has 0 fully saturated rings. The summed E-state index contributed by atoms with van der Waals surface area (Å²) in [6.45, 7) is 0.257. The molecular weight excluding hydrogens is 202 g/mol. The van der Waals surface area contributed by atoms with Crippen LogP contribution >= 0.6 is 0 Å². The molecule has 0 aliphatic rings. The van der Waals surface area contributed by atoms with Crippen LogP contribution in [0.2, 0.25) is 0 Å². The van der Waals surface area contributed by atoms with Crippen LogP contribution in [-0.2, 0) is 4.79 Å². The summed E-state index contributed by atoms with van der Waals surface area (Å²) in [5, 5.41) is 36.8. The second kappa shape index (κ2) is 7.36. The van der Waals surface area contributed by atoms with Crippen molar-refractivity contribution >= 4 is 5.97 Å². The van der Waals surface area contributed by atoms with E-state index in [2.05, 4.69) is 0 Å². The highest BCUT2D eigenvalue weighted by Gasteiger charge is 2.22. The van der Waals surface area contributed by atoms with Gasteiger partial charge in [0.1, 0.15) is 19.6 Å². The second-order valence-electron chi connectivity index (χ2n) is 3.19. The Hall–Kier alpha value is -0.950. The van der Waals surface area contributed by atoms with Crippen molar-refractivity contribution in [2.75, 3.05) is 39.5 Å². The number of quaternary nitrogens is 1. The molecule has 0 spiro atoms. The molecule has 0 amide bonds. The van der Waals surface area contributed by atoms with Crippen LogP contribution in [0.5, 0.6) is 0 Å². The molecule has 0 bridgehead atoms. The Kier molecular flexibility index (Phi) is 6.89. The van der Waals surface area contributed by atoms with Crippen molar-refractivity contribution in [3.05, 3.63) is 12.3 Å². The Morgan fingerprint density at radius 2 is 1.47 bits per heavy atom. The Morgan fingerprint density at radius 1 is 1.07 bits per heavy atom. The molecule has 0 aromatic heterocycles. The molecule has 0 heterocycles. The summed E-state index contributed by atoms with van der Waals surface area (Å²) in [6.07, 6.45) is 2.17. The molecular formula is C9H17NO5. The fourth-order valence-corrected chi connectivity index (χ4v) is 1.38. The van der Waals surface area contributed by atoms with Gasteiger partial charge in [-0.05, 0) is 0 Å². The molecule has 0 saturated heterocycles. The number of carboxylic acids is 1. The van der Waals surface area contributed by atoms with Crippen molar-refractivity contribution < 1.29 is 29.7 Å². The molecule has 15 heavy (non-hydrogen) atoms. The molecule has 6 nitrogen and oxygen atoms in total. The van der Waals surface area contributed by atoms with E-state index in [1.54, 1.807) is 0 Å².